The van der Waals surface area contributed by atoms with Crippen molar-refractivity contribution in [2.75, 3.05) is 52.5 Å². The zero-order valence-electron chi connectivity index (χ0n) is 38.8. The lowest BCUT2D eigenvalue weighted by Gasteiger charge is -2.36. The van der Waals surface area contributed by atoms with Crippen molar-refractivity contribution in [1.29, 1.82) is 0 Å². The number of aryl methyl sites for hydroxylation is 1. The molecule has 2 fully saturated rings. The van der Waals surface area contributed by atoms with Gasteiger partial charge in [0.15, 0.2) is 5.69 Å². The van der Waals surface area contributed by atoms with Crippen LogP contribution in [-0.2, 0) is 30.5 Å². The predicted molar refractivity (Wildman–Crippen MR) is 262 cm³/mol. The van der Waals surface area contributed by atoms with Crippen molar-refractivity contribution in [3.8, 4) is 16.9 Å². The Labute approximate surface area is 417 Å². The SMILES string of the molecule is Cc1ccc(-c2cc(C(F)(F)F)nn2-c2ccc(S(N)(=O)=O)cc2)cc1.O=C1CCC(N2C(=O)c3ccccc3C2=O)C(=O)N1.OCCOCCN1CCN(C2=Nc3ccccc3Sc3ccccc32)CC1. The first-order valence-corrected chi connectivity index (χ1v) is 25.2. The fourth-order valence-electron chi connectivity index (χ4n) is 8.30. The van der Waals surface area contributed by atoms with Crippen molar-refractivity contribution in [2.45, 2.75) is 46.7 Å². The van der Waals surface area contributed by atoms with Crippen LogP contribution in [0.4, 0.5) is 18.9 Å². The first kappa shape index (κ1) is 51.3. The standard InChI is InChI=1S/C21H25N3O2S.C17H14F3N3O2S.C13H10N2O4/c25-14-16-26-15-13-23-9-11-24(12-10-23)21-17-5-1-3-7-19(17)27-20-8-4-2-6-18(20)22-21;1-11-2-4-12(5-3-11)15-10-16(17(18,19)20)22-23(15)13-6-8-14(9-7-13)26(21,24)25;16-10-6-5-9(11(17)14-10)15-12(18)7-3-1-2-4-8(7)13(15)19/h1-8,25H,9-16H2;2-10H,1H3,(H2,21,24,25);1-4,9H,5-6H2,(H,14,16,17). The highest BCUT2D eigenvalue weighted by Gasteiger charge is 2.44. The summed E-state index contributed by atoms with van der Waals surface area (Å²) in [5, 5.41) is 19.6. The number of sulfonamides is 1. The Balaban J connectivity index is 0.000000147. The number of halogens is 3. The number of ether oxygens (including phenoxy) is 1. The van der Waals surface area contributed by atoms with E-state index in [-0.39, 0.29) is 41.6 Å². The molecule has 4 aliphatic rings. The number of aliphatic hydroxyl groups excluding tert-OH is 1. The molecule has 5 heterocycles. The minimum absolute atomic E-state index is 0.0898. The summed E-state index contributed by atoms with van der Waals surface area (Å²) < 4.78 is 68.6. The van der Waals surface area contributed by atoms with E-state index < -0.39 is 45.7 Å². The summed E-state index contributed by atoms with van der Waals surface area (Å²) >= 11 is 1.80. The molecule has 2 saturated heterocycles. The second-order valence-corrected chi connectivity index (χ2v) is 19.5. The molecule has 1 unspecified atom stereocenters. The van der Waals surface area contributed by atoms with Gasteiger partial charge in [-0.25, -0.2) is 23.2 Å². The number of primary sulfonamides is 1. The molecular formula is C51H49F3N8O8S2. The van der Waals surface area contributed by atoms with Crippen LogP contribution < -0.4 is 10.5 Å². The van der Waals surface area contributed by atoms with Crippen molar-refractivity contribution >= 4 is 56.9 Å². The van der Waals surface area contributed by atoms with Gasteiger partial charge < -0.3 is 14.7 Å². The fraction of sp³-hybridized carbons (Fsp3) is 0.255. The van der Waals surface area contributed by atoms with E-state index in [1.54, 1.807) is 60.3 Å². The number of amidine groups is 1. The van der Waals surface area contributed by atoms with Crippen LogP contribution in [0, 0.1) is 6.92 Å². The maximum Gasteiger partial charge on any atom is 0.435 e. The molecule has 374 valence electrons. The number of carbonyl (C=O) groups is 4. The second kappa shape index (κ2) is 22.2. The maximum absolute atomic E-state index is 13.1. The van der Waals surface area contributed by atoms with Gasteiger partial charge in [0.2, 0.25) is 21.8 Å². The first-order chi connectivity index (χ1) is 34.5. The number of benzene rings is 5. The largest absolute Gasteiger partial charge is 0.435 e. The number of carbonyl (C=O) groups excluding carboxylic acids is 4. The third-order valence-electron chi connectivity index (χ3n) is 12.0. The summed E-state index contributed by atoms with van der Waals surface area (Å²) in [6.07, 6.45) is -4.30. The quantitative estimate of drug-likeness (QED) is 0.105. The van der Waals surface area contributed by atoms with Gasteiger partial charge in [0.25, 0.3) is 11.8 Å². The highest BCUT2D eigenvalue weighted by molar-refractivity contribution is 7.99. The number of alkyl halides is 3. The molecule has 0 saturated carbocycles. The van der Waals surface area contributed by atoms with Crippen LogP contribution in [0.2, 0.25) is 0 Å². The highest BCUT2D eigenvalue weighted by Crippen LogP contribution is 2.41. The number of fused-ring (bicyclic) bond motifs is 3. The number of amides is 4. The number of nitrogens with two attached hydrogens (primary N) is 1. The molecule has 21 heteroatoms. The molecule has 10 rings (SSSR count). The third-order valence-corrected chi connectivity index (χ3v) is 14.1. The molecule has 0 aliphatic carbocycles. The van der Waals surface area contributed by atoms with Gasteiger partial charge in [0, 0.05) is 60.1 Å². The molecule has 1 aromatic heterocycles. The summed E-state index contributed by atoms with van der Waals surface area (Å²) in [7, 11) is -3.90. The summed E-state index contributed by atoms with van der Waals surface area (Å²) in [6, 6.07) is 35.5. The number of aromatic nitrogens is 2. The Kier molecular flexibility index (Phi) is 15.8. The normalized spacial score (nSPS) is 16.8. The van der Waals surface area contributed by atoms with E-state index in [2.05, 4.69) is 68.7 Å². The predicted octanol–water partition coefficient (Wildman–Crippen LogP) is 6.46. The molecule has 0 spiro atoms. The molecule has 4 aliphatic heterocycles. The lowest BCUT2D eigenvalue weighted by Crippen LogP contribution is -2.54. The molecule has 1 atom stereocenters. The van der Waals surface area contributed by atoms with Crippen LogP contribution >= 0.6 is 11.8 Å². The first-order valence-electron chi connectivity index (χ1n) is 22.8. The Morgan fingerprint density at radius 3 is 2.01 bits per heavy atom. The number of nitrogens with zero attached hydrogens (tertiary/aromatic N) is 6. The van der Waals surface area contributed by atoms with E-state index in [4.69, 9.17) is 20.0 Å². The van der Waals surface area contributed by atoms with Crippen molar-refractivity contribution in [3.63, 3.8) is 0 Å². The van der Waals surface area contributed by atoms with Crippen LogP contribution in [0.1, 0.15) is 50.4 Å². The lowest BCUT2D eigenvalue weighted by molar-refractivity contribution is -0.141. The maximum atomic E-state index is 13.1. The Morgan fingerprint density at radius 1 is 0.792 bits per heavy atom. The number of hydrogen-bond acceptors (Lipinski definition) is 13. The zero-order valence-corrected chi connectivity index (χ0v) is 40.4. The average molecular weight is 1020 g/mol. The molecule has 4 N–H and O–H groups in total. The van der Waals surface area contributed by atoms with Crippen LogP contribution in [0.15, 0.2) is 147 Å². The summed E-state index contributed by atoms with van der Waals surface area (Å²) in [4.78, 5) is 60.4. The Bertz CT molecular complexity index is 3090. The number of aliphatic imine (C=N–C) groups is 1. The molecule has 72 heavy (non-hydrogen) atoms. The second-order valence-electron chi connectivity index (χ2n) is 16.9. The van der Waals surface area contributed by atoms with Gasteiger partial charge in [-0.1, -0.05) is 84.1 Å². The van der Waals surface area contributed by atoms with Gasteiger partial charge in [-0.2, -0.15) is 18.3 Å². The minimum atomic E-state index is -4.61. The van der Waals surface area contributed by atoms with Gasteiger partial charge in [0.1, 0.15) is 11.9 Å². The van der Waals surface area contributed by atoms with E-state index in [9.17, 15) is 40.8 Å². The van der Waals surface area contributed by atoms with E-state index >= 15 is 0 Å². The van der Waals surface area contributed by atoms with Gasteiger partial charge in [-0.15, -0.1) is 0 Å². The summed E-state index contributed by atoms with van der Waals surface area (Å²) in [5.74, 6) is -0.840. The number of nitrogens with one attached hydrogen (secondary N) is 1. The average Bonchev–Trinajstić information content (AvgIpc) is 3.87. The molecule has 16 nitrogen and oxygen atoms in total. The topological polar surface area (TPSA) is 210 Å². The van der Waals surface area contributed by atoms with E-state index in [1.807, 2.05) is 6.92 Å². The number of piperidine rings is 1. The molecule has 0 bridgehead atoms. The monoisotopic (exact) mass is 1020 g/mol. The smallest absolute Gasteiger partial charge is 0.394 e. The Morgan fingerprint density at radius 2 is 1.40 bits per heavy atom. The number of hydrogen-bond donors (Lipinski definition) is 3. The van der Waals surface area contributed by atoms with E-state index in [1.165, 1.54) is 39.6 Å². The van der Waals surface area contributed by atoms with Gasteiger partial charge in [-0.3, -0.25) is 34.3 Å². The lowest BCUT2D eigenvalue weighted by atomic mass is 10.0. The van der Waals surface area contributed by atoms with Crippen LogP contribution in [0.25, 0.3) is 16.9 Å². The van der Waals surface area contributed by atoms with Crippen molar-refractivity contribution in [3.05, 3.63) is 155 Å². The van der Waals surface area contributed by atoms with Crippen molar-refractivity contribution in [2.24, 2.45) is 10.1 Å². The molecule has 0 radical (unpaired) electrons. The third kappa shape index (κ3) is 11.8. The number of imide groups is 2. The fourth-order valence-corrected chi connectivity index (χ4v) is 9.83. The zero-order chi connectivity index (χ0) is 51.2. The van der Waals surface area contributed by atoms with Gasteiger partial charge in [-0.05, 0) is 74.0 Å². The molecule has 6 aromatic rings. The number of piperazine rings is 1. The van der Waals surface area contributed by atoms with Crippen LogP contribution in [0.5, 0.6) is 0 Å². The van der Waals surface area contributed by atoms with Crippen molar-refractivity contribution < 1.29 is 50.6 Å². The molecule has 5 aromatic carbocycles. The van der Waals surface area contributed by atoms with Crippen molar-refractivity contribution in [1.82, 2.24) is 29.8 Å². The van der Waals surface area contributed by atoms with E-state index in [0.717, 1.165) is 65.5 Å². The molecular weight excluding hydrogens is 974 g/mol. The number of rotatable bonds is 9. The number of aliphatic hydroxyl groups is 1. The summed E-state index contributed by atoms with van der Waals surface area (Å²) in [6.45, 7) is 7.88. The minimum Gasteiger partial charge on any atom is -0.394 e. The summed E-state index contributed by atoms with van der Waals surface area (Å²) in [5.41, 5.74) is 3.87. The van der Waals surface area contributed by atoms with Gasteiger partial charge in [0.05, 0.1) is 52.9 Å². The van der Waals surface area contributed by atoms with Gasteiger partial charge >= 0.3 is 6.18 Å². The van der Waals surface area contributed by atoms with Crippen LogP contribution in [0.3, 0.4) is 0 Å². The molecule has 4 amide bonds. The number of para-hydroxylation sites is 1. The van der Waals surface area contributed by atoms with E-state index in [0.29, 0.717) is 29.9 Å². The van der Waals surface area contributed by atoms with Crippen LogP contribution in [-0.4, -0.2) is 126 Å². The Hall–Kier alpha value is -7.01. The highest BCUT2D eigenvalue weighted by atomic mass is 32.2.